The molecule has 0 spiro atoms. The second kappa shape index (κ2) is 4.76. The van der Waals surface area contributed by atoms with Gasteiger partial charge in [0.15, 0.2) is 0 Å². The van der Waals surface area contributed by atoms with Crippen molar-refractivity contribution in [3.8, 4) is 0 Å². The van der Waals surface area contributed by atoms with Gasteiger partial charge in [0.1, 0.15) is 5.60 Å². The molecule has 0 saturated heterocycles. The molecule has 0 aromatic heterocycles. The van der Waals surface area contributed by atoms with Crippen molar-refractivity contribution in [1.82, 2.24) is 5.32 Å². The van der Waals surface area contributed by atoms with Crippen LogP contribution in [0.15, 0.2) is 24.3 Å². The lowest BCUT2D eigenvalue weighted by molar-refractivity contribution is 0.0495. The maximum atomic E-state index is 11.9. The molecular formula is C15H22N2O2. The molecule has 1 aromatic rings. The Morgan fingerprint density at radius 3 is 2.53 bits per heavy atom. The molecule has 0 bridgehead atoms. The van der Waals surface area contributed by atoms with Gasteiger partial charge in [-0.25, -0.2) is 4.79 Å². The number of carbonyl (C=O) groups is 1. The van der Waals surface area contributed by atoms with Crippen LogP contribution in [0.1, 0.15) is 39.2 Å². The van der Waals surface area contributed by atoms with E-state index < -0.39 is 5.60 Å². The van der Waals surface area contributed by atoms with Crippen LogP contribution in [0.25, 0.3) is 0 Å². The molecule has 1 aliphatic rings. The zero-order chi connectivity index (χ0) is 14.1. The minimum Gasteiger partial charge on any atom is -0.444 e. The Morgan fingerprint density at radius 1 is 1.32 bits per heavy atom. The van der Waals surface area contributed by atoms with Gasteiger partial charge in [0, 0.05) is 12.7 Å². The van der Waals surface area contributed by atoms with Crippen molar-refractivity contribution in [3.63, 3.8) is 0 Å². The average Bonchev–Trinajstić information content (AvgIpc) is 3.07. The molecule has 0 radical (unpaired) electrons. The van der Waals surface area contributed by atoms with Crippen LogP contribution in [-0.2, 0) is 10.3 Å². The van der Waals surface area contributed by atoms with E-state index in [-0.39, 0.29) is 11.6 Å². The van der Waals surface area contributed by atoms with Gasteiger partial charge >= 0.3 is 6.09 Å². The zero-order valence-electron chi connectivity index (χ0n) is 12.0. The van der Waals surface area contributed by atoms with Crippen molar-refractivity contribution in [3.05, 3.63) is 29.8 Å². The summed E-state index contributed by atoms with van der Waals surface area (Å²) in [5.41, 5.74) is 1.47. The van der Waals surface area contributed by atoms with Gasteiger partial charge in [-0.1, -0.05) is 12.1 Å². The van der Waals surface area contributed by atoms with Gasteiger partial charge in [0.25, 0.3) is 0 Å². The molecule has 4 nitrogen and oxygen atoms in total. The van der Waals surface area contributed by atoms with Gasteiger partial charge in [0.2, 0.25) is 0 Å². The number of hydrogen-bond donors (Lipinski definition) is 2. The third-order valence-electron chi connectivity index (χ3n) is 3.19. The summed E-state index contributed by atoms with van der Waals surface area (Å²) in [4.78, 5) is 11.9. The molecule has 19 heavy (non-hydrogen) atoms. The molecule has 0 aliphatic heterocycles. The van der Waals surface area contributed by atoms with Crippen molar-refractivity contribution < 1.29 is 9.53 Å². The fourth-order valence-electron chi connectivity index (χ4n) is 2.08. The van der Waals surface area contributed by atoms with Crippen molar-refractivity contribution in [2.24, 2.45) is 0 Å². The molecular weight excluding hydrogens is 240 g/mol. The van der Waals surface area contributed by atoms with E-state index in [1.807, 2.05) is 46.0 Å². The summed E-state index contributed by atoms with van der Waals surface area (Å²) >= 11 is 0. The summed E-state index contributed by atoms with van der Waals surface area (Å²) in [5, 5.41) is 6.12. The number of carbonyl (C=O) groups excluding carboxylic acids is 1. The van der Waals surface area contributed by atoms with E-state index in [2.05, 4.69) is 16.7 Å². The normalized spacial score (nSPS) is 16.6. The minimum absolute atomic E-state index is 0.241. The van der Waals surface area contributed by atoms with Crippen LogP contribution in [0.4, 0.5) is 10.5 Å². The highest BCUT2D eigenvalue weighted by Gasteiger charge is 2.46. The Kier molecular flexibility index (Phi) is 3.43. The van der Waals surface area contributed by atoms with Gasteiger partial charge in [0.05, 0.1) is 5.54 Å². The highest BCUT2D eigenvalue weighted by molar-refractivity contribution is 5.70. The molecule has 1 fully saturated rings. The Hall–Kier alpha value is -1.71. The quantitative estimate of drug-likeness (QED) is 0.879. The van der Waals surface area contributed by atoms with E-state index in [0.29, 0.717) is 0 Å². The Balaban J connectivity index is 2.08. The number of nitrogens with one attached hydrogen (secondary N) is 2. The van der Waals surface area contributed by atoms with Crippen molar-refractivity contribution in [2.75, 3.05) is 12.4 Å². The van der Waals surface area contributed by atoms with Gasteiger partial charge in [-0.3, -0.25) is 0 Å². The first-order valence-corrected chi connectivity index (χ1v) is 6.64. The Labute approximate surface area is 114 Å². The summed E-state index contributed by atoms with van der Waals surface area (Å²) in [5.74, 6) is 0. The van der Waals surface area contributed by atoms with Crippen LogP contribution >= 0.6 is 0 Å². The summed E-state index contributed by atoms with van der Waals surface area (Å²) in [6, 6.07) is 8.13. The second-order valence-corrected chi connectivity index (χ2v) is 6.04. The average molecular weight is 262 g/mol. The summed E-state index contributed by atoms with van der Waals surface area (Å²) in [6.45, 7) is 5.61. The molecule has 0 atom stereocenters. The van der Waals surface area contributed by atoms with E-state index >= 15 is 0 Å². The second-order valence-electron chi connectivity index (χ2n) is 6.04. The van der Waals surface area contributed by atoms with Crippen molar-refractivity contribution >= 4 is 11.8 Å². The molecule has 2 rings (SSSR count). The van der Waals surface area contributed by atoms with Crippen LogP contribution in [-0.4, -0.2) is 18.7 Å². The fraction of sp³-hybridized carbons (Fsp3) is 0.533. The lowest BCUT2D eigenvalue weighted by atomic mass is 10.0. The third kappa shape index (κ3) is 3.40. The molecule has 0 unspecified atom stereocenters. The largest absolute Gasteiger partial charge is 0.444 e. The van der Waals surface area contributed by atoms with Crippen molar-refractivity contribution in [2.45, 2.75) is 44.8 Å². The van der Waals surface area contributed by atoms with Crippen LogP contribution in [0.2, 0.25) is 0 Å². The van der Waals surface area contributed by atoms with Crippen LogP contribution in [0.5, 0.6) is 0 Å². The SMILES string of the molecule is CNc1cccc(C2(NC(=O)OC(C)(C)C)CC2)c1. The van der Waals surface area contributed by atoms with E-state index in [9.17, 15) is 4.79 Å². The predicted octanol–water partition coefficient (Wildman–Crippen LogP) is 3.24. The number of ether oxygens (including phenoxy) is 1. The maximum absolute atomic E-state index is 11.9. The maximum Gasteiger partial charge on any atom is 0.408 e. The van der Waals surface area contributed by atoms with Gasteiger partial charge in [-0.2, -0.15) is 0 Å². The first-order valence-electron chi connectivity index (χ1n) is 6.64. The van der Waals surface area contributed by atoms with Gasteiger partial charge in [-0.15, -0.1) is 0 Å². The first kappa shape index (κ1) is 13.7. The Bertz CT molecular complexity index is 473. The third-order valence-corrected chi connectivity index (χ3v) is 3.19. The first-order chi connectivity index (χ1) is 8.85. The van der Waals surface area contributed by atoms with Gasteiger partial charge < -0.3 is 15.4 Å². The van der Waals surface area contributed by atoms with Crippen LogP contribution < -0.4 is 10.6 Å². The van der Waals surface area contributed by atoms with Crippen molar-refractivity contribution in [1.29, 1.82) is 0 Å². The molecule has 2 N–H and O–H groups in total. The predicted molar refractivity (Wildman–Crippen MR) is 76.3 cm³/mol. The number of anilines is 1. The standard InChI is InChI=1S/C15H22N2O2/c1-14(2,3)19-13(18)17-15(8-9-15)11-6-5-7-12(10-11)16-4/h5-7,10,16H,8-9H2,1-4H3,(H,17,18). The van der Waals surface area contributed by atoms with E-state index in [1.165, 1.54) is 0 Å². The monoisotopic (exact) mass is 262 g/mol. The minimum atomic E-state index is -0.465. The van der Waals surface area contributed by atoms with E-state index in [0.717, 1.165) is 24.1 Å². The highest BCUT2D eigenvalue weighted by atomic mass is 16.6. The topological polar surface area (TPSA) is 50.4 Å². The summed E-state index contributed by atoms with van der Waals surface area (Å²) in [7, 11) is 1.89. The molecule has 1 saturated carbocycles. The fourth-order valence-corrected chi connectivity index (χ4v) is 2.08. The number of hydrogen-bond acceptors (Lipinski definition) is 3. The number of amides is 1. The number of benzene rings is 1. The molecule has 0 heterocycles. The lowest BCUT2D eigenvalue weighted by Gasteiger charge is -2.24. The number of rotatable bonds is 3. The van der Waals surface area contributed by atoms with E-state index in [1.54, 1.807) is 0 Å². The molecule has 4 heteroatoms. The summed E-state index contributed by atoms with van der Waals surface area (Å²) in [6.07, 6.45) is 1.57. The lowest BCUT2D eigenvalue weighted by Crippen LogP contribution is -2.39. The van der Waals surface area contributed by atoms with Crippen LogP contribution in [0, 0.1) is 0 Å². The Morgan fingerprint density at radius 2 is 2.00 bits per heavy atom. The molecule has 104 valence electrons. The molecule has 1 aliphatic carbocycles. The number of alkyl carbamates (subject to hydrolysis) is 1. The van der Waals surface area contributed by atoms with Gasteiger partial charge in [-0.05, 0) is 51.3 Å². The van der Waals surface area contributed by atoms with E-state index in [4.69, 9.17) is 4.74 Å². The summed E-state index contributed by atoms with van der Waals surface area (Å²) < 4.78 is 5.33. The van der Waals surface area contributed by atoms with Crippen LogP contribution in [0.3, 0.4) is 0 Å². The smallest absolute Gasteiger partial charge is 0.408 e. The molecule has 1 aromatic carbocycles. The molecule has 1 amide bonds. The zero-order valence-corrected chi connectivity index (χ0v) is 12.0. The highest BCUT2D eigenvalue weighted by Crippen LogP contribution is 2.46.